The van der Waals surface area contributed by atoms with Crippen molar-refractivity contribution in [1.29, 1.82) is 0 Å². The highest BCUT2D eigenvalue weighted by Gasteiger charge is 2.35. The minimum absolute atomic E-state index is 0.290. The van der Waals surface area contributed by atoms with E-state index < -0.39 is 30.1 Å². The first-order valence-electron chi connectivity index (χ1n) is 8.56. The Morgan fingerprint density at radius 3 is 2.29 bits per heavy atom. The van der Waals surface area contributed by atoms with Gasteiger partial charge in [-0.3, -0.25) is 9.59 Å². The van der Waals surface area contributed by atoms with Crippen LogP contribution in [0.4, 0.5) is 18.9 Å². The monoisotopic (exact) mass is 394 g/mol. The van der Waals surface area contributed by atoms with Gasteiger partial charge in [0, 0.05) is 13.5 Å². The van der Waals surface area contributed by atoms with Crippen LogP contribution in [0.2, 0.25) is 0 Å². The Hall–Kier alpha value is -3.03. The zero-order valence-electron chi connectivity index (χ0n) is 15.5. The first kappa shape index (κ1) is 21.3. The Morgan fingerprint density at radius 2 is 1.71 bits per heavy atom. The van der Waals surface area contributed by atoms with Crippen molar-refractivity contribution in [2.75, 3.05) is 25.1 Å². The number of carbonyl (C=O) groups is 2. The molecule has 8 heteroatoms. The number of carbonyl (C=O) groups excluding carboxylic acids is 2. The van der Waals surface area contributed by atoms with E-state index in [1.165, 1.54) is 18.2 Å². The maximum Gasteiger partial charge on any atom is 0.418 e. The van der Waals surface area contributed by atoms with Gasteiger partial charge >= 0.3 is 6.18 Å². The molecule has 0 radical (unpaired) electrons. The maximum atomic E-state index is 13.2. The van der Waals surface area contributed by atoms with Crippen molar-refractivity contribution in [3.8, 4) is 5.75 Å². The third kappa shape index (κ3) is 5.73. The average Bonchev–Trinajstić information content (AvgIpc) is 2.66. The number of ether oxygens (including phenoxy) is 1. The van der Waals surface area contributed by atoms with Crippen LogP contribution in [0, 0.1) is 0 Å². The van der Waals surface area contributed by atoms with Gasteiger partial charge in [0.1, 0.15) is 12.3 Å². The molecule has 0 fully saturated rings. The van der Waals surface area contributed by atoms with E-state index in [-0.39, 0.29) is 12.2 Å². The molecule has 0 unspecified atom stereocenters. The molecule has 0 aliphatic rings. The molecule has 0 atom stereocenters. The molecule has 0 saturated carbocycles. The number of hydrogen-bond donors (Lipinski definition) is 1. The molecular formula is C20H21F3N2O3. The summed E-state index contributed by atoms with van der Waals surface area (Å²) in [6, 6.07) is 12.0. The zero-order valence-corrected chi connectivity index (χ0v) is 15.5. The van der Waals surface area contributed by atoms with Crippen molar-refractivity contribution in [3.05, 3.63) is 59.7 Å². The van der Waals surface area contributed by atoms with Crippen molar-refractivity contribution in [3.63, 3.8) is 0 Å². The van der Waals surface area contributed by atoms with Crippen molar-refractivity contribution in [2.24, 2.45) is 0 Å². The fraction of sp³-hybridized carbons (Fsp3) is 0.300. The fourth-order valence-electron chi connectivity index (χ4n) is 2.65. The Bertz CT molecular complexity index is 820. The van der Waals surface area contributed by atoms with Gasteiger partial charge in [-0.2, -0.15) is 13.2 Å². The third-order valence-electron chi connectivity index (χ3n) is 4.08. The summed E-state index contributed by atoms with van der Waals surface area (Å²) in [5, 5.41) is 2.63. The lowest BCUT2D eigenvalue weighted by atomic mass is 10.1. The van der Waals surface area contributed by atoms with Crippen LogP contribution < -0.4 is 15.0 Å². The highest BCUT2D eigenvalue weighted by Crippen LogP contribution is 2.36. The van der Waals surface area contributed by atoms with Gasteiger partial charge in [-0.15, -0.1) is 0 Å². The number of nitrogens with zero attached hydrogens (tertiary/aromatic N) is 1. The van der Waals surface area contributed by atoms with Gasteiger partial charge in [0.15, 0.2) is 0 Å². The highest BCUT2D eigenvalue weighted by atomic mass is 19.4. The first-order valence-corrected chi connectivity index (χ1v) is 8.56. The summed E-state index contributed by atoms with van der Waals surface area (Å²) in [6.45, 7) is 0.917. The predicted molar refractivity (Wildman–Crippen MR) is 99.2 cm³/mol. The Labute approximate surface area is 161 Å². The van der Waals surface area contributed by atoms with E-state index in [2.05, 4.69) is 5.32 Å². The Kier molecular flexibility index (Phi) is 7.03. The highest BCUT2D eigenvalue weighted by molar-refractivity contribution is 5.98. The van der Waals surface area contributed by atoms with Crippen LogP contribution in [-0.4, -0.2) is 32.0 Å². The zero-order chi connectivity index (χ0) is 20.7. The molecular weight excluding hydrogens is 373 g/mol. The number of para-hydroxylation sites is 1. The Balaban J connectivity index is 2.01. The van der Waals surface area contributed by atoms with Crippen molar-refractivity contribution >= 4 is 17.5 Å². The van der Waals surface area contributed by atoms with Crippen molar-refractivity contribution < 1.29 is 27.5 Å². The topological polar surface area (TPSA) is 58.6 Å². The normalized spacial score (nSPS) is 11.0. The van der Waals surface area contributed by atoms with Gasteiger partial charge in [-0.05, 0) is 36.2 Å². The van der Waals surface area contributed by atoms with Crippen LogP contribution in [0.15, 0.2) is 48.5 Å². The SMILES string of the molecule is COc1ccc(CCNC(=O)CN(C(C)=O)c2ccccc2C(F)(F)F)cc1. The fourth-order valence-corrected chi connectivity index (χ4v) is 2.65. The number of anilines is 1. The quantitative estimate of drug-likeness (QED) is 0.783. The molecule has 2 aromatic carbocycles. The standard InChI is InChI=1S/C20H21F3N2O3/c1-14(26)25(18-6-4-3-5-17(18)20(21,22)23)13-19(27)24-12-11-15-7-9-16(28-2)10-8-15/h3-10H,11-13H2,1-2H3,(H,24,27). The lowest BCUT2D eigenvalue weighted by Gasteiger charge is -2.24. The molecule has 2 rings (SSSR count). The van der Waals surface area contributed by atoms with Crippen LogP contribution in [0.5, 0.6) is 5.75 Å². The number of hydrogen-bond acceptors (Lipinski definition) is 3. The lowest BCUT2D eigenvalue weighted by Crippen LogP contribution is -2.41. The van der Waals surface area contributed by atoms with E-state index in [1.807, 2.05) is 12.1 Å². The lowest BCUT2D eigenvalue weighted by molar-refractivity contribution is -0.137. The minimum Gasteiger partial charge on any atom is -0.497 e. The average molecular weight is 394 g/mol. The van der Waals surface area contributed by atoms with Gasteiger partial charge < -0.3 is 15.0 Å². The van der Waals surface area contributed by atoms with Crippen LogP contribution >= 0.6 is 0 Å². The van der Waals surface area contributed by atoms with Gasteiger partial charge in [0.25, 0.3) is 0 Å². The second-order valence-corrected chi connectivity index (χ2v) is 6.07. The molecule has 0 saturated heterocycles. The van der Waals surface area contributed by atoms with E-state index in [1.54, 1.807) is 19.2 Å². The number of methoxy groups -OCH3 is 1. The molecule has 0 spiro atoms. The molecule has 0 aromatic heterocycles. The molecule has 0 aliphatic heterocycles. The molecule has 5 nitrogen and oxygen atoms in total. The summed E-state index contributed by atoms with van der Waals surface area (Å²) in [7, 11) is 1.56. The van der Waals surface area contributed by atoms with Gasteiger partial charge in [0.2, 0.25) is 11.8 Å². The summed E-state index contributed by atoms with van der Waals surface area (Å²) in [5.41, 5.74) is -0.337. The molecule has 150 valence electrons. The summed E-state index contributed by atoms with van der Waals surface area (Å²) in [4.78, 5) is 24.9. The van der Waals surface area contributed by atoms with Gasteiger partial charge in [-0.1, -0.05) is 24.3 Å². The van der Waals surface area contributed by atoms with Crippen LogP contribution in [0.1, 0.15) is 18.1 Å². The van der Waals surface area contributed by atoms with Gasteiger partial charge in [0.05, 0.1) is 18.4 Å². The van der Waals surface area contributed by atoms with Crippen molar-refractivity contribution in [2.45, 2.75) is 19.5 Å². The van der Waals surface area contributed by atoms with E-state index in [0.717, 1.165) is 23.5 Å². The number of halogens is 3. The van der Waals surface area contributed by atoms with E-state index in [9.17, 15) is 22.8 Å². The minimum atomic E-state index is -4.63. The van der Waals surface area contributed by atoms with Crippen LogP contribution in [0.25, 0.3) is 0 Å². The third-order valence-corrected chi connectivity index (χ3v) is 4.08. The van der Waals surface area contributed by atoms with E-state index in [4.69, 9.17) is 4.74 Å². The second-order valence-electron chi connectivity index (χ2n) is 6.07. The van der Waals surface area contributed by atoms with Crippen molar-refractivity contribution in [1.82, 2.24) is 5.32 Å². The molecule has 0 heterocycles. The molecule has 1 N–H and O–H groups in total. The number of alkyl halides is 3. The predicted octanol–water partition coefficient (Wildman–Crippen LogP) is 3.43. The second kappa shape index (κ2) is 9.25. The number of rotatable bonds is 7. The Morgan fingerprint density at radius 1 is 1.07 bits per heavy atom. The number of nitrogens with one attached hydrogen (secondary N) is 1. The smallest absolute Gasteiger partial charge is 0.418 e. The van der Waals surface area contributed by atoms with E-state index in [0.29, 0.717) is 12.2 Å². The van der Waals surface area contributed by atoms with Crippen LogP contribution in [0.3, 0.4) is 0 Å². The number of amides is 2. The molecule has 0 bridgehead atoms. The summed E-state index contributed by atoms with van der Waals surface area (Å²) < 4.78 is 44.7. The van der Waals surface area contributed by atoms with E-state index >= 15 is 0 Å². The summed E-state index contributed by atoms with van der Waals surface area (Å²) >= 11 is 0. The first-order chi connectivity index (χ1) is 13.2. The summed E-state index contributed by atoms with van der Waals surface area (Å²) in [6.07, 6.45) is -4.09. The molecule has 0 aliphatic carbocycles. The van der Waals surface area contributed by atoms with Crippen LogP contribution in [-0.2, 0) is 22.2 Å². The maximum absolute atomic E-state index is 13.2. The summed E-state index contributed by atoms with van der Waals surface area (Å²) in [5.74, 6) is -0.476. The van der Waals surface area contributed by atoms with Gasteiger partial charge in [-0.25, -0.2) is 0 Å². The molecule has 2 aromatic rings. The number of benzene rings is 2. The largest absolute Gasteiger partial charge is 0.497 e. The molecule has 28 heavy (non-hydrogen) atoms. The molecule has 2 amide bonds.